The highest BCUT2D eigenvalue weighted by molar-refractivity contribution is 6.32. The molecule has 3 N–H and O–H groups in total. The Balaban J connectivity index is 1.66. The summed E-state index contributed by atoms with van der Waals surface area (Å²) >= 11 is 0. The molecule has 0 unspecified atom stereocenters. The highest BCUT2D eigenvalue weighted by Gasteiger charge is 2.44. The van der Waals surface area contributed by atoms with E-state index in [0.717, 1.165) is 0 Å². The zero-order valence-electron chi connectivity index (χ0n) is 20.2. The Bertz CT molecular complexity index is 1600. The number of hydrogen-bond acceptors (Lipinski definition) is 9. The fraction of sp³-hybridized carbons (Fsp3) is 0.250. The maximum atomic E-state index is 13.5. The van der Waals surface area contributed by atoms with Crippen molar-refractivity contribution in [1.82, 2.24) is 0 Å². The molecule has 2 aliphatic carbocycles. The molecule has 1 heterocycles. The third-order valence-electron chi connectivity index (χ3n) is 7.51. The van der Waals surface area contributed by atoms with E-state index in [1.54, 1.807) is 13.0 Å². The number of ether oxygens (including phenoxy) is 3. The number of phenolic OH excluding ortho intramolecular Hbond substituents is 3. The second-order valence-electron chi connectivity index (χ2n) is 9.54. The first kappa shape index (κ1) is 23.1. The predicted octanol–water partition coefficient (Wildman–Crippen LogP) is 3.43. The van der Waals surface area contributed by atoms with E-state index in [1.807, 2.05) is 0 Å². The number of ketones is 2. The number of aromatic hydroxyl groups is 3. The van der Waals surface area contributed by atoms with E-state index in [-0.39, 0.29) is 62.6 Å². The molecule has 0 saturated heterocycles. The van der Waals surface area contributed by atoms with E-state index in [4.69, 9.17) is 14.2 Å². The quantitative estimate of drug-likeness (QED) is 0.352. The average molecular weight is 502 g/mol. The maximum absolute atomic E-state index is 13.5. The van der Waals surface area contributed by atoms with Gasteiger partial charge in [0, 0.05) is 42.7 Å². The van der Waals surface area contributed by atoms with Crippen LogP contribution in [0.4, 0.5) is 0 Å². The molecule has 6 rings (SSSR count). The predicted molar refractivity (Wildman–Crippen MR) is 129 cm³/mol. The van der Waals surface area contributed by atoms with E-state index >= 15 is 0 Å². The minimum Gasteiger partial charge on any atom is -0.507 e. The number of carbonyl (C=O) groups excluding carboxylic acids is 3. The molecule has 0 spiro atoms. The lowest BCUT2D eigenvalue weighted by Crippen LogP contribution is -2.40. The normalized spacial score (nSPS) is 19.3. The Morgan fingerprint density at radius 3 is 2.27 bits per heavy atom. The Morgan fingerprint density at radius 2 is 1.57 bits per heavy atom. The van der Waals surface area contributed by atoms with Gasteiger partial charge in [-0.1, -0.05) is 18.2 Å². The molecule has 9 heteroatoms. The fourth-order valence-corrected chi connectivity index (χ4v) is 5.79. The van der Waals surface area contributed by atoms with Crippen molar-refractivity contribution in [3.05, 3.63) is 68.8 Å². The second kappa shape index (κ2) is 7.57. The third-order valence-corrected chi connectivity index (χ3v) is 7.51. The molecule has 3 aromatic carbocycles. The first-order valence-electron chi connectivity index (χ1n) is 11.7. The van der Waals surface area contributed by atoms with Crippen molar-refractivity contribution in [3.63, 3.8) is 0 Å². The standard InChI is InChI=1S/C28H22O9/c1-28(36-3)10-12-9-11-7-8-14-19(16(11)23(31)17(12)27(34)37-28)25(33)20-21(26(14)35-2)24(32)18-13(22(20)30)5-4-6-15(18)29/h4-6,9,29,31,33H,7-8,10H2,1-3H3/t28-/m0/s1. The van der Waals surface area contributed by atoms with Gasteiger partial charge in [0.25, 0.3) is 0 Å². The first-order chi connectivity index (χ1) is 17.6. The van der Waals surface area contributed by atoms with E-state index in [9.17, 15) is 29.7 Å². The van der Waals surface area contributed by atoms with Crippen molar-refractivity contribution in [2.45, 2.75) is 32.0 Å². The summed E-state index contributed by atoms with van der Waals surface area (Å²) in [7, 11) is 2.77. The zero-order valence-corrected chi connectivity index (χ0v) is 20.2. The van der Waals surface area contributed by atoms with Crippen LogP contribution in [-0.4, -0.2) is 52.9 Å². The molecule has 0 saturated carbocycles. The zero-order chi connectivity index (χ0) is 26.4. The Labute approximate surface area is 210 Å². The van der Waals surface area contributed by atoms with Gasteiger partial charge in [-0.05, 0) is 30.0 Å². The van der Waals surface area contributed by atoms with Crippen molar-refractivity contribution in [1.29, 1.82) is 0 Å². The second-order valence-corrected chi connectivity index (χ2v) is 9.54. The lowest BCUT2D eigenvalue weighted by Gasteiger charge is -2.35. The average Bonchev–Trinajstić information content (AvgIpc) is 2.86. The molecule has 188 valence electrons. The Hall–Kier alpha value is -4.37. The third kappa shape index (κ3) is 2.91. The van der Waals surface area contributed by atoms with Gasteiger partial charge >= 0.3 is 5.97 Å². The number of carbonyl (C=O) groups is 3. The van der Waals surface area contributed by atoms with Crippen LogP contribution in [0.2, 0.25) is 0 Å². The van der Waals surface area contributed by atoms with Crippen LogP contribution in [0.3, 0.4) is 0 Å². The van der Waals surface area contributed by atoms with Crippen molar-refractivity contribution in [3.8, 4) is 34.1 Å². The number of esters is 1. The number of hydrogen-bond donors (Lipinski definition) is 3. The van der Waals surface area contributed by atoms with Gasteiger partial charge in [-0.25, -0.2) is 4.79 Å². The van der Waals surface area contributed by atoms with Gasteiger partial charge in [-0.15, -0.1) is 0 Å². The highest BCUT2D eigenvalue weighted by atomic mass is 16.7. The van der Waals surface area contributed by atoms with Crippen molar-refractivity contribution in [2.75, 3.05) is 14.2 Å². The summed E-state index contributed by atoms with van der Waals surface area (Å²) in [5, 5.41) is 33.2. The summed E-state index contributed by atoms with van der Waals surface area (Å²) in [6.45, 7) is 1.63. The minimum atomic E-state index is -1.19. The van der Waals surface area contributed by atoms with Crippen LogP contribution < -0.4 is 4.74 Å². The van der Waals surface area contributed by atoms with Gasteiger partial charge in [0.05, 0.1) is 23.8 Å². The lowest BCUT2D eigenvalue weighted by molar-refractivity contribution is -0.177. The number of cyclic esters (lactones) is 1. The van der Waals surface area contributed by atoms with Gasteiger partial charge in [0.2, 0.25) is 11.6 Å². The molecule has 3 aliphatic rings. The van der Waals surface area contributed by atoms with Gasteiger partial charge in [0.15, 0.2) is 5.78 Å². The summed E-state index contributed by atoms with van der Waals surface area (Å²) in [4.78, 5) is 40.0. The van der Waals surface area contributed by atoms with Gasteiger partial charge in [0.1, 0.15) is 28.6 Å². The number of benzene rings is 3. The van der Waals surface area contributed by atoms with E-state index in [2.05, 4.69) is 0 Å². The van der Waals surface area contributed by atoms with Crippen LogP contribution in [0, 0.1) is 0 Å². The monoisotopic (exact) mass is 502 g/mol. The molecule has 1 aliphatic heterocycles. The number of fused-ring (bicyclic) bond motifs is 6. The lowest BCUT2D eigenvalue weighted by atomic mass is 9.74. The first-order valence-corrected chi connectivity index (χ1v) is 11.7. The van der Waals surface area contributed by atoms with Crippen LogP contribution in [0.1, 0.15) is 65.8 Å². The van der Waals surface area contributed by atoms with Crippen LogP contribution >= 0.6 is 0 Å². The van der Waals surface area contributed by atoms with E-state index < -0.39 is 29.1 Å². The molecule has 0 aromatic heterocycles. The Kier molecular flexibility index (Phi) is 4.71. The number of aryl methyl sites for hydroxylation is 1. The largest absolute Gasteiger partial charge is 0.507 e. The molecule has 1 atom stereocenters. The number of phenols is 3. The molecular formula is C28H22O9. The maximum Gasteiger partial charge on any atom is 0.344 e. The summed E-state index contributed by atoms with van der Waals surface area (Å²) < 4.78 is 16.4. The molecule has 0 amide bonds. The van der Waals surface area contributed by atoms with E-state index in [0.29, 0.717) is 29.5 Å². The molecule has 0 radical (unpaired) electrons. The number of rotatable bonds is 2. The molecule has 0 bridgehead atoms. The summed E-state index contributed by atoms with van der Waals surface area (Å²) in [6.07, 6.45) is 0.942. The van der Waals surface area contributed by atoms with Crippen LogP contribution in [0.25, 0.3) is 11.1 Å². The summed E-state index contributed by atoms with van der Waals surface area (Å²) in [6, 6.07) is 5.92. The number of methoxy groups -OCH3 is 2. The van der Waals surface area contributed by atoms with Crippen LogP contribution in [0.5, 0.6) is 23.0 Å². The van der Waals surface area contributed by atoms with Crippen molar-refractivity contribution >= 4 is 17.5 Å². The smallest absolute Gasteiger partial charge is 0.344 e. The minimum absolute atomic E-state index is 0.0464. The molecule has 3 aromatic rings. The van der Waals surface area contributed by atoms with Crippen molar-refractivity contribution in [2.24, 2.45) is 0 Å². The van der Waals surface area contributed by atoms with Gasteiger partial charge < -0.3 is 29.5 Å². The highest BCUT2D eigenvalue weighted by Crippen LogP contribution is 2.54. The fourth-order valence-electron chi connectivity index (χ4n) is 5.79. The van der Waals surface area contributed by atoms with E-state index in [1.165, 1.54) is 32.4 Å². The SMILES string of the molecule is COc1c2c(c(O)c3c1C(=O)c1c(O)cccc1C3=O)-c1c(cc3c(c1O)C(=O)O[C@](C)(OC)C3)CC2. The molecule has 0 fully saturated rings. The molecule has 9 nitrogen and oxygen atoms in total. The summed E-state index contributed by atoms with van der Waals surface area (Å²) in [5.74, 6) is -4.45. The molecule has 37 heavy (non-hydrogen) atoms. The van der Waals surface area contributed by atoms with Gasteiger partial charge in [-0.2, -0.15) is 0 Å². The van der Waals surface area contributed by atoms with Crippen molar-refractivity contribution < 1.29 is 43.9 Å². The Morgan fingerprint density at radius 1 is 0.838 bits per heavy atom. The van der Waals surface area contributed by atoms with Crippen LogP contribution in [-0.2, 0) is 28.7 Å². The molecular weight excluding hydrogens is 480 g/mol. The van der Waals surface area contributed by atoms with Crippen LogP contribution in [0.15, 0.2) is 24.3 Å². The topological polar surface area (TPSA) is 140 Å². The summed E-state index contributed by atoms with van der Waals surface area (Å²) in [5.41, 5.74) is 1.22. The van der Waals surface area contributed by atoms with Gasteiger partial charge in [-0.3, -0.25) is 9.59 Å².